The van der Waals surface area contributed by atoms with Gasteiger partial charge in [0.2, 0.25) is 0 Å². The van der Waals surface area contributed by atoms with Crippen LogP contribution in [0.3, 0.4) is 0 Å². The number of imidazole rings is 1. The number of ketones is 1. The quantitative estimate of drug-likeness (QED) is 0.600. The van der Waals surface area contributed by atoms with Gasteiger partial charge in [0.25, 0.3) is 5.91 Å². The predicted molar refractivity (Wildman–Crippen MR) is 133 cm³/mol. The van der Waals surface area contributed by atoms with Gasteiger partial charge in [-0.25, -0.2) is 4.98 Å². The lowest BCUT2D eigenvalue weighted by atomic mass is 9.72. The van der Waals surface area contributed by atoms with Crippen LogP contribution in [0.2, 0.25) is 0 Å². The van der Waals surface area contributed by atoms with Gasteiger partial charge in [0.1, 0.15) is 5.54 Å². The van der Waals surface area contributed by atoms with E-state index in [1.54, 1.807) is 6.33 Å². The molecule has 2 aliphatic heterocycles. The molecule has 1 fully saturated rings. The summed E-state index contributed by atoms with van der Waals surface area (Å²) in [5.41, 5.74) is 10.3. The maximum Gasteiger partial charge on any atom is 0.253 e. The van der Waals surface area contributed by atoms with Gasteiger partial charge < -0.3 is 20.4 Å². The van der Waals surface area contributed by atoms with Crippen molar-refractivity contribution >= 4 is 22.7 Å². The Balaban J connectivity index is 0.00000289. The number of H-pyrrole nitrogens is 1. The average Bonchev–Trinajstić information content (AvgIpc) is 3.24. The van der Waals surface area contributed by atoms with E-state index >= 15 is 0 Å². The SMILES string of the molecule is CCC1(C)CN(C(=O)c2ccc(-c3ccc4nc[nH]c4c3)cc2)CCC=C1C(=O)C1(N)COC1.[HH]. The number of ether oxygens (including phenoxy) is 1. The van der Waals surface area contributed by atoms with E-state index in [-0.39, 0.29) is 26.3 Å². The van der Waals surface area contributed by atoms with Crippen molar-refractivity contribution in [3.8, 4) is 11.1 Å². The summed E-state index contributed by atoms with van der Waals surface area (Å²) >= 11 is 0. The smallest absolute Gasteiger partial charge is 0.253 e. The summed E-state index contributed by atoms with van der Waals surface area (Å²) in [5, 5.41) is 0. The van der Waals surface area contributed by atoms with E-state index in [2.05, 4.69) is 29.9 Å². The Hall–Kier alpha value is -3.29. The Labute approximate surface area is 200 Å². The summed E-state index contributed by atoms with van der Waals surface area (Å²) in [7, 11) is 0. The number of nitrogens with two attached hydrogens (primary N) is 1. The number of hydrogen-bond acceptors (Lipinski definition) is 5. The molecule has 1 aromatic heterocycles. The third-order valence-corrected chi connectivity index (χ3v) is 7.31. The van der Waals surface area contributed by atoms with Crippen molar-refractivity contribution in [3.63, 3.8) is 0 Å². The van der Waals surface area contributed by atoms with Crippen molar-refractivity contribution in [2.45, 2.75) is 32.2 Å². The molecule has 178 valence electrons. The predicted octanol–water partition coefficient (Wildman–Crippen LogP) is 3.96. The number of Topliss-reactive ketones (excluding diaryl/α,β-unsaturated/α-hetero) is 1. The van der Waals surface area contributed by atoms with Gasteiger partial charge in [0, 0.05) is 31.1 Å². The number of nitrogens with one attached hydrogen (secondary N) is 1. The number of hydrogen-bond donors (Lipinski definition) is 2. The lowest BCUT2D eigenvalue weighted by Crippen LogP contribution is -2.64. The first kappa shape index (κ1) is 22.5. The molecule has 34 heavy (non-hydrogen) atoms. The molecule has 1 saturated heterocycles. The van der Waals surface area contributed by atoms with Crippen LogP contribution < -0.4 is 5.73 Å². The summed E-state index contributed by atoms with van der Waals surface area (Å²) in [5.74, 6) is -0.0669. The van der Waals surface area contributed by atoms with Gasteiger partial charge >= 0.3 is 0 Å². The van der Waals surface area contributed by atoms with Crippen molar-refractivity contribution in [1.29, 1.82) is 0 Å². The third kappa shape index (κ3) is 3.85. The molecule has 2 aromatic carbocycles. The summed E-state index contributed by atoms with van der Waals surface area (Å²) in [6.07, 6.45) is 5.03. The zero-order valence-electron chi connectivity index (χ0n) is 19.6. The van der Waals surface area contributed by atoms with Crippen molar-refractivity contribution in [2.24, 2.45) is 11.1 Å². The fourth-order valence-corrected chi connectivity index (χ4v) is 4.86. The molecule has 1 atom stereocenters. The largest absolute Gasteiger partial charge is 0.376 e. The standard InChI is InChI=1S/C27H30N4O3.H2/c1-3-26(2)14-31(12-4-5-21(26)24(32)27(28)15-34-16-27)25(33)19-8-6-18(7-9-19)20-10-11-22-23(13-20)30-17-29-22;/h5-11,13,17H,3-4,12,14-16,28H2,1-2H3,(H,29,30);1H. The molecule has 1 amide bonds. The van der Waals surface area contributed by atoms with Crippen molar-refractivity contribution in [3.05, 3.63) is 66.0 Å². The minimum absolute atomic E-state index is 0. The van der Waals surface area contributed by atoms with Gasteiger partial charge in [-0.05, 0) is 48.2 Å². The zero-order valence-corrected chi connectivity index (χ0v) is 19.6. The van der Waals surface area contributed by atoms with Crippen LogP contribution >= 0.6 is 0 Å². The Kier molecular flexibility index (Phi) is 5.62. The van der Waals surface area contributed by atoms with Gasteiger partial charge in [0.15, 0.2) is 5.78 Å². The van der Waals surface area contributed by atoms with E-state index in [9.17, 15) is 9.59 Å². The molecular weight excluding hydrogens is 428 g/mol. The van der Waals surface area contributed by atoms with E-state index in [4.69, 9.17) is 10.5 Å². The first-order valence-corrected chi connectivity index (χ1v) is 11.8. The van der Waals surface area contributed by atoms with Gasteiger partial charge in [-0.1, -0.05) is 38.1 Å². The first-order valence-electron chi connectivity index (χ1n) is 11.8. The van der Waals surface area contributed by atoms with Crippen LogP contribution in [0.25, 0.3) is 22.2 Å². The fraction of sp³-hybridized carbons (Fsp3) is 0.370. The maximum atomic E-state index is 13.4. The van der Waals surface area contributed by atoms with E-state index < -0.39 is 11.0 Å². The molecule has 1 unspecified atom stereocenters. The molecule has 3 N–H and O–H groups in total. The van der Waals surface area contributed by atoms with E-state index in [1.165, 1.54) is 0 Å². The number of carbonyl (C=O) groups is 2. The van der Waals surface area contributed by atoms with Gasteiger partial charge in [-0.3, -0.25) is 9.59 Å². The summed E-state index contributed by atoms with van der Waals surface area (Å²) in [6, 6.07) is 13.8. The van der Waals surface area contributed by atoms with Crippen LogP contribution in [0.5, 0.6) is 0 Å². The van der Waals surface area contributed by atoms with Gasteiger partial charge in [-0.15, -0.1) is 0 Å². The molecule has 7 heteroatoms. The number of amides is 1. The molecule has 0 spiro atoms. The van der Waals surface area contributed by atoms with Crippen molar-refractivity contribution < 1.29 is 15.8 Å². The number of nitrogens with zero attached hydrogens (tertiary/aromatic N) is 2. The molecule has 0 saturated carbocycles. The second-order valence-electron chi connectivity index (χ2n) is 9.74. The molecule has 0 radical (unpaired) electrons. The van der Waals surface area contributed by atoms with E-state index in [1.807, 2.05) is 47.4 Å². The van der Waals surface area contributed by atoms with Crippen LogP contribution in [-0.4, -0.2) is 58.4 Å². The van der Waals surface area contributed by atoms with Gasteiger partial charge in [-0.2, -0.15) is 0 Å². The Bertz CT molecular complexity index is 1280. The molecular formula is C27H32N4O3. The second-order valence-corrected chi connectivity index (χ2v) is 9.74. The number of rotatable bonds is 5. The van der Waals surface area contributed by atoms with Crippen LogP contribution in [0, 0.1) is 5.41 Å². The number of aromatic amines is 1. The monoisotopic (exact) mass is 460 g/mol. The van der Waals surface area contributed by atoms with Crippen LogP contribution in [0.1, 0.15) is 38.5 Å². The molecule has 0 aliphatic carbocycles. The molecule has 3 aromatic rings. The summed E-state index contributed by atoms with van der Waals surface area (Å²) in [6.45, 7) is 5.67. The highest BCUT2D eigenvalue weighted by molar-refractivity contribution is 6.04. The van der Waals surface area contributed by atoms with E-state index in [0.29, 0.717) is 25.1 Å². The molecule has 2 aliphatic rings. The zero-order chi connectivity index (χ0) is 23.9. The Morgan fingerprint density at radius 3 is 2.59 bits per heavy atom. The first-order chi connectivity index (χ1) is 16.3. The number of benzene rings is 2. The molecule has 0 bridgehead atoms. The highest BCUT2D eigenvalue weighted by Crippen LogP contribution is 2.38. The topological polar surface area (TPSA) is 101 Å². The van der Waals surface area contributed by atoms with Crippen molar-refractivity contribution in [1.82, 2.24) is 14.9 Å². The Morgan fingerprint density at radius 1 is 1.18 bits per heavy atom. The molecule has 3 heterocycles. The number of fused-ring (bicyclic) bond motifs is 1. The van der Waals surface area contributed by atoms with Gasteiger partial charge in [0.05, 0.1) is 30.6 Å². The minimum Gasteiger partial charge on any atom is -0.376 e. The highest BCUT2D eigenvalue weighted by Gasteiger charge is 2.48. The molecule has 7 nitrogen and oxygen atoms in total. The minimum atomic E-state index is -0.934. The second kappa shape index (κ2) is 8.49. The summed E-state index contributed by atoms with van der Waals surface area (Å²) in [4.78, 5) is 35.9. The van der Waals surface area contributed by atoms with Crippen molar-refractivity contribution in [2.75, 3.05) is 26.3 Å². The average molecular weight is 461 g/mol. The number of carbonyl (C=O) groups excluding carboxylic acids is 2. The molecule has 5 rings (SSSR count). The normalized spacial score (nSPS) is 22.1. The summed E-state index contributed by atoms with van der Waals surface area (Å²) < 4.78 is 5.22. The van der Waals surface area contributed by atoms with E-state index in [0.717, 1.165) is 34.2 Å². The lowest BCUT2D eigenvalue weighted by molar-refractivity contribution is -0.138. The Morgan fingerprint density at radius 2 is 1.91 bits per heavy atom. The lowest BCUT2D eigenvalue weighted by Gasteiger charge is -2.41. The fourth-order valence-electron chi connectivity index (χ4n) is 4.86. The number of aromatic nitrogens is 2. The highest BCUT2D eigenvalue weighted by atomic mass is 16.5. The van der Waals surface area contributed by atoms with Crippen LogP contribution in [-0.2, 0) is 9.53 Å². The third-order valence-electron chi connectivity index (χ3n) is 7.31. The maximum absolute atomic E-state index is 13.4. The van der Waals surface area contributed by atoms with Crippen LogP contribution in [0.4, 0.5) is 0 Å². The van der Waals surface area contributed by atoms with Crippen LogP contribution in [0.15, 0.2) is 60.4 Å².